The van der Waals surface area contributed by atoms with Crippen LogP contribution in [0.3, 0.4) is 0 Å². The van der Waals surface area contributed by atoms with Crippen molar-refractivity contribution in [2.75, 3.05) is 44.3 Å². The highest BCUT2D eigenvalue weighted by Gasteiger charge is 2.33. The summed E-state index contributed by atoms with van der Waals surface area (Å²) in [6, 6.07) is 5.04. The predicted octanol–water partition coefficient (Wildman–Crippen LogP) is 1.90. The maximum Gasteiger partial charge on any atom is 0.285 e. The number of ether oxygens (including phenoxy) is 1. The van der Waals surface area contributed by atoms with Gasteiger partial charge in [-0.15, -0.1) is 5.53 Å². The molecule has 3 N–H and O–H groups in total. The minimum absolute atomic E-state index is 0.0157. The van der Waals surface area contributed by atoms with Crippen molar-refractivity contribution in [3.63, 3.8) is 0 Å². The number of hydrogen-bond donors (Lipinski definition) is 3. The number of hydrazine groups is 2. The van der Waals surface area contributed by atoms with Crippen LogP contribution in [0.15, 0.2) is 40.6 Å². The van der Waals surface area contributed by atoms with Crippen LogP contribution in [-0.2, 0) is 11.3 Å². The van der Waals surface area contributed by atoms with E-state index >= 15 is 0 Å². The van der Waals surface area contributed by atoms with Crippen molar-refractivity contribution < 1.29 is 9.13 Å². The second-order valence-corrected chi connectivity index (χ2v) is 8.89. The van der Waals surface area contributed by atoms with Gasteiger partial charge in [0.15, 0.2) is 0 Å². The first-order chi connectivity index (χ1) is 16.0. The lowest BCUT2D eigenvalue weighted by Crippen LogP contribution is -2.40. The van der Waals surface area contributed by atoms with Crippen molar-refractivity contribution in [1.29, 1.82) is 0 Å². The highest BCUT2D eigenvalue weighted by Crippen LogP contribution is 2.34. The van der Waals surface area contributed by atoms with Crippen molar-refractivity contribution in [2.45, 2.75) is 25.9 Å². The number of halogens is 2. The zero-order valence-electron chi connectivity index (χ0n) is 18.4. The van der Waals surface area contributed by atoms with E-state index in [1.165, 1.54) is 6.07 Å². The topological polar surface area (TPSA) is 88.8 Å². The van der Waals surface area contributed by atoms with Gasteiger partial charge in [-0.3, -0.25) is 14.7 Å². The number of H-pyrrole nitrogens is 1. The summed E-state index contributed by atoms with van der Waals surface area (Å²) in [6.45, 7) is 7.17. The smallest absolute Gasteiger partial charge is 0.285 e. The molecule has 0 unspecified atom stereocenters. The van der Waals surface area contributed by atoms with Gasteiger partial charge in [0.1, 0.15) is 10.8 Å². The average Bonchev–Trinajstić information content (AvgIpc) is 3.24. The normalized spacial score (nSPS) is 20.1. The predicted molar refractivity (Wildman–Crippen MR) is 123 cm³/mol. The Hall–Kier alpha value is -2.66. The highest BCUT2D eigenvalue weighted by molar-refractivity contribution is 6.33. The van der Waals surface area contributed by atoms with E-state index in [0.717, 1.165) is 42.0 Å². The Morgan fingerprint density at radius 3 is 2.91 bits per heavy atom. The van der Waals surface area contributed by atoms with Crippen LogP contribution in [0.25, 0.3) is 0 Å². The quantitative estimate of drug-likeness (QED) is 0.604. The van der Waals surface area contributed by atoms with E-state index in [9.17, 15) is 9.18 Å². The number of nitrogens with zero attached hydrogens (tertiary/aromatic N) is 4. The van der Waals surface area contributed by atoms with Crippen molar-refractivity contribution in [2.24, 2.45) is 0 Å². The van der Waals surface area contributed by atoms with Gasteiger partial charge in [0, 0.05) is 32.6 Å². The maximum atomic E-state index is 14.1. The van der Waals surface area contributed by atoms with Gasteiger partial charge in [0.05, 0.1) is 49.1 Å². The van der Waals surface area contributed by atoms with Gasteiger partial charge < -0.3 is 15.1 Å². The summed E-state index contributed by atoms with van der Waals surface area (Å²) in [6.07, 6.45) is 2.33. The standard InChI is InChI=1S/C22H27ClFN7O2/c1-14(17-3-2-16(24)10-15(17)12-29-6-8-33-9-7-29)31-19-4-5-30(13-18(19)26-28-31)20-11-25-27-22(32)21(20)23/h2-3,10-11,14,26,28H,4-9,12-13H2,1H3,(H,27,32)/t14-/m0/s1. The lowest BCUT2D eigenvalue weighted by molar-refractivity contribution is 0.0338. The number of aromatic nitrogens is 2. The molecule has 5 rings (SSSR count). The van der Waals surface area contributed by atoms with Gasteiger partial charge in [-0.2, -0.15) is 5.10 Å². The number of benzene rings is 1. The maximum absolute atomic E-state index is 14.1. The molecule has 11 heteroatoms. The molecule has 2 aromatic rings. The number of hydrogen-bond acceptors (Lipinski definition) is 8. The summed E-state index contributed by atoms with van der Waals surface area (Å²) in [5.41, 5.74) is 11.0. The highest BCUT2D eigenvalue weighted by atomic mass is 35.5. The Kier molecular flexibility index (Phi) is 6.24. The summed E-state index contributed by atoms with van der Waals surface area (Å²) in [4.78, 5) is 16.2. The number of morpholine rings is 1. The number of rotatable bonds is 5. The molecule has 1 saturated heterocycles. The molecule has 4 heterocycles. The van der Waals surface area contributed by atoms with Gasteiger partial charge >= 0.3 is 0 Å². The summed E-state index contributed by atoms with van der Waals surface area (Å²) in [5, 5.41) is 8.49. The molecule has 0 spiro atoms. The molecule has 3 aliphatic rings. The molecule has 3 aliphatic heterocycles. The fourth-order valence-corrected chi connectivity index (χ4v) is 4.93. The first kappa shape index (κ1) is 22.1. The molecule has 0 radical (unpaired) electrons. The molecule has 1 aromatic heterocycles. The Bertz CT molecular complexity index is 1120. The Labute approximate surface area is 196 Å². The van der Waals surface area contributed by atoms with E-state index in [4.69, 9.17) is 16.3 Å². The van der Waals surface area contributed by atoms with Crippen molar-refractivity contribution in [3.8, 4) is 0 Å². The van der Waals surface area contributed by atoms with Crippen molar-refractivity contribution in [3.05, 3.63) is 68.1 Å². The van der Waals surface area contributed by atoms with E-state index in [1.807, 2.05) is 11.0 Å². The van der Waals surface area contributed by atoms with Crippen LogP contribution in [0, 0.1) is 5.82 Å². The molecule has 1 atom stereocenters. The Balaban J connectivity index is 1.36. The Morgan fingerprint density at radius 2 is 2.09 bits per heavy atom. The van der Waals surface area contributed by atoms with Gasteiger partial charge in [0.2, 0.25) is 0 Å². The summed E-state index contributed by atoms with van der Waals surface area (Å²) >= 11 is 6.21. The fraction of sp³-hybridized carbons (Fsp3) is 0.455. The second kappa shape index (κ2) is 9.30. The molecule has 33 heavy (non-hydrogen) atoms. The van der Waals surface area contributed by atoms with Gasteiger partial charge in [-0.05, 0) is 30.2 Å². The van der Waals surface area contributed by atoms with Crippen LogP contribution in [-0.4, -0.2) is 59.5 Å². The molecular weight excluding hydrogens is 449 g/mol. The zero-order chi connectivity index (χ0) is 22.9. The molecule has 1 fully saturated rings. The van der Waals surface area contributed by atoms with Crippen LogP contribution in [0.2, 0.25) is 5.02 Å². The third-order valence-electron chi connectivity index (χ3n) is 6.49. The van der Waals surface area contributed by atoms with Crippen LogP contribution < -0.4 is 21.4 Å². The van der Waals surface area contributed by atoms with Gasteiger partial charge in [0.25, 0.3) is 5.56 Å². The van der Waals surface area contributed by atoms with E-state index in [-0.39, 0.29) is 16.9 Å². The van der Waals surface area contributed by atoms with Crippen LogP contribution >= 0.6 is 11.6 Å². The van der Waals surface area contributed by atoms with Crippen molar-refractivity contribution in [1.82, 2.24) is 31.1 Å². The van der Waals surface area contributed by atoms with Crippen molar-refractivity contribution >= 4 is 17.3 Å². The van der Waals surface area contributed by atoms with Crippen LogP contribution in [0.4, 0.5) is 10.1 Å². The van der Waals surface area contributed by atoms with Gasteiger partial charge in [-0.25, -0.2) is 9.49 Å². The first-order valence-corrected chi connectivity index (χ1v) is 11.5. The van der Waals surface area contributed by atoms with E-state index < -0.39 is 5.56 Å². The molecule has 0 amide bonds. The Morgan fingerprint density at radius 1 is 1.27 bits per heavy atom. The fourth-order valence-electron chi connectivity index (χ4n) is 4.71. The lowest BCUT2D eigenvalue weighted by Gasteiger charge is -2.34. The van der Waals surface area contributed by atoms with Gasteiger partial charge in [-0.1, -0.05) is 17.7 Å². The minimum Gasteiger partial charge on any atom is -0.379 e. The third-order valence-corrected chi connectivity index (χ3v) is 6.86. The summed E-state index contributed by atoms with van der Waals surface area (Å²) in [5.74, 6) is -0.224. The molecular formula is C22H27ClFN7O2. The second-order valence-electron chi connectivity index (χ2n) is 8.51. The third kappa shape index (κ3) is 4.43. The van der Waals surface area contributed by atoms with Crippen LogP contribution in [0.5, 0.6) is 0 Å². The van der Waals surface area contributed by atoms with Crippen LogP contribution in [0.1, 0.15) is 30.5 Å². The van der Waals surface area contributed by atoms with E-state index in [0.29, 0.717) is 38.5 Å². The molecule has 0 bridgehead atoms. The lowest BCUT2D eigenvalue weighted by atomic mass is 9.99. The van der Waals surface area contributed by atoms with E-state index in [2.05, 4.69) is 38.0 Å². The number of anilines is 1. The monoisotopic (exact) mass is 475 g/mol. The SMILES string of the molecule is C[C@@H](c1ccc(F)cc1CN1CCOCC1)N1NNC2=C1CCN(c1cn[nH]c(=O)c1Cl)C2. The first-order valence-electron chi connectivity index (χ1n) is 11.1. The largest absolute Gasteiger partial charge is 0.379 e. The molecule has 9 nitrogen and oxygen atoms in total. The average molecular weight is 476 g/mol. The zero-order valence-corrected chi connectivity index (χ0v) is 19.2. The molecule has 176 valence electrons. The molecule has 0 saturated carbocycles. The molecule has 1 aromatic carbocycles. The number of nitrogens with one attached hydrogen (secondary N) is 3. The summed E-state index contributed by atoms with van der Waals surface area (Å²) < 4.78 is 19.6. The van der Waals surface area contributed by atoms with E-state index in [1.54, 1.807) is 12.3 Å². The minimum atomic E-state index is -0.397. The molecule has 0 aliphatic carbocycles. The summed E-state index contributed by atoms with van der Waals surface area (Å²) in [7, 11) is 0. The number of aromatic amines is 1.